The number of primary amides is 6. The molecule has 92 heavy (non-hydrogen) atoms. The number of carbonyl (C=O) groups is 7. The number of amides is 7. The van der Waals surface area contributed by atoms with Gasteiger partial charge in [-0.3, -0.25) is 57.6 Å². The first-order chi connectivity index (χ1) is 41.8. The van der Waals surface area contributed by atoms with Gasteiger partial charge in [-0.25, -0.2) is 9.55 Å². The molecule has 507 valence electrons. The van der Waals surface area contributed by atoms with Gasteiger partial charge in [0.1, 0.15) is 18.3 Å². The second-order valence-corrected chi connectivity index (χ2v) is 28.4. The van der Waals surface area contributed by atoms with Crippen LogP contribution in [0, 0.1) is 59.2 Å². The normalized spacial score (nSPS) is 33.5. The molecule has 1 aromatic carbocycles. The van der Waals surface area contributed by atoms with E-state index in [0.717, 1.165) is 11.1 Å². The Morgan fingerprint density at radius 3 is 1.95 bits per heavy atom. The Hall–Kier alpha value is -6.53. The summed E-state index contributed by atoms with van der Waals surface area (Å²) in [5, 5.41) is 30.2. The second kappa shape index (κ2) is 27.8. The fraction of sp³-hybridized carbons (Fsp3) is 0.629. The van der Waals surface area contributed by atoms with Gasteiger partial charge in [0.15, 0.2) is 6.23 Å². The van der Waals surface area contributed by atoms with Crippen LogP contribution < -0.4 is 39.7 Å². The number of ether oxygens (including phenoxy) is 1. The quantitative estimate of drug-likeness (QED) is 0.0605. The zero-order valence-electron chi connectivity index (χ0n) is 54.0. The van der Waals surface area contributed by atoms with Crippen LogP contribution in [0.3, 0.4) is 0 Å². The van der Waals surface area contributed by atoms with E-state index in [9.17, 15) is 53.2 Å². The maximum Gasteiger partial charge on any atom is 2.00 e. The predicted octanol–water partition coefficient (Wildman–Crippen LogP) is 3.12. The summed E-state index contributed by atoms with van der Waals surface area (Å²) in [6, 6.07) is 2.68. The molecule has 15 atom stereocenters. The second-order valence-electron chi connectivity index (χ2n) is 27.0. The average Bonchev–Trinajstić information content (AvgIpc) is 1.53. The summed E-state index contributed by atoms with van der Waals surface area (Å²) in [6.45, 7) is 19.1. The number of rotatable bonds is 26. The fourth-order valence-corrected chi connectivity index (χ4v) is 16.5. The van der Waals surface area contributed by atoms with Crippen molar-refractivity contribution in [2.24, 2.45) is 94.7 Å². The van der Waals surface area contributed by atoms with Gasteiger partial charge in [-0.2, -0.15) is 5.70 Å². The Morgan fingerprint density at radius 2 is 1.37 bits per heavy atom. The molecule has 7 heterocycles. The molecule has 2 fully saturated rings. The van der Waals surface area contributed by atoms with Crippen LogP contribution in [0.4, 0.5) is 0 Å². The maximum atomic E-state index is 14.4. The number of aliphatic imine (C=N–C) groups is 3. The van der Waals surface area contributed by atoms with Gasteiger partial charge in [-0.1, -0.05) is 40.7 Å². The summed E-state index contributed by atoms with van der Waals surface area (Å²) < 4.78 is 32.3. The molecule has 0 saturated carbocycles. The van der Waals surface area contributed by atoms with Crippen molar-refractivity contribution in [3.8, 4) is 0 Å². The molecule has 8 rings (SSSR count). The number of aryl methyl sites for hydroxylation is 2. The summed E-state index contributed by atoms with van der Waals surface area (Å²) >= 11 is 0. The van der Waals surface area contributed by atoms with E-state index in [4.69, 9.17) is 68.5 Å². The van der Waals surface area contributed by atoms with E-state index in [-0.39, 0.29) is 99.4 Å². The maximum absolute atomic E-state index is 14.4. The van der Waals surface area contributed by atoms with Gasteiger partial charge in [0.05, 0.1) is 41.3 Å². The summed E-state index contributed by atoms with van der Waals surface area (Å²) in [4.78, 5) is 125. The molecule has 1 radical (unpaired) electrons. The zero-order valence-corrected chi connectivity index (χ0v) is 56.0. The number of allylic oxidation sites excluding steroid dienone is 6. The number of nitrogens with two attached hydrogens (primary N) is 6. The Morgan fingerprint density at radius 1 is 0.783 bits per heavy atom. The molecular weight excluding hydrogens is 1260 g/mol. The van der Waals surface area contributed by atoms with Crippen molar-refractivity contribution in [1.29, 1.82) is 0 Å². The monoisotopic (exact) mass is 1350 g/mol. The topological polar surface area (TPSA) is 494 Å². The van der Waals surface area contributed by atoms with E-state index in [1.165, 1.54) is 13.3 Å². The minimum absolute atomic E-state index is 0. The standard InChI is InChI=1S/C62H90N13O14P.Co.H2O/c1-29-20-39-40(21-30(29)2)75(28-70-39)57-52(84)53(41(27-76)87-57)89-90(85,86)88-31(3)26-69-49(83)18-19-59(8)37(22-46(66)80)56-62(11)61(10,25-48(68)82)36(14-17-45(65)79)51(74-62)33(5)55-60(9,24-47(67)81)34(12-15-43(63)77)38(71-55)23-42-58(6,7)35(13-16-44(64)78)50(72-42)32(4)54(59)73-56;;/h20-21,23,28,31,34-37,41,52-53,56-57,76,84H,12-19,22,24-27H2,1-11H3,(H15,63,64,65,66,67,68,69,71,72,73,74,77,78,79,80,81,82,83,85,86);;1H2/q;+2;/p-1/t31-,34-,35-,36-,37+,41-,52-,53-,56?,57+,59-,60+,61+,62+;;/m1../s1. The van der Waals surface area contributed by atoms with E-state index in [2.05, 4.69) is 10.3 Å². The van der Waals surface area contributed by atoms with Crippen LogP contribution in [0.5, 0.6) is 0 Å². The molecule has 6 aliphatic rings. The van der Waals surface area contributed by atoms with Crippen molar-refractivity contribution in [1.82, 2.24) is 14.9 Å². The Balaban J connectivity index is 0.00000672. The van der Waals surface area contributed by atoms with E-state index in [1.54, 1.807) is 11.5 Å². The average molecular weight is 1350 g/mol. The van der Waals surface area contributed by atoms with Crippen molar-refractivity contribution in [2.45, 2.75) is 189 Å². The van der Waals surface area contributed by atoms with Crippen molar-refractivity contribution in [3.05, 3.63) is 69.2 Å². The van der Waals surface area contributed by atoms with Crippen LogP contribution in [-0.4, -0.2) is 138 Å². The number of hydrogen-bond donors (Lipinski definition) is 10. The smallest absolute Gasteiger partial charge is 0.682 e. The van der Waals surface area contributed by atoms with E-state index < -0.39 is 143 Å². The van der Waals surface area contributed by atoms with Crippen molar-refractivity contribution in [3.63, 3.8) is 0 Å². The number of aliphatic hydroxyl groups excluding tert-OH is 2. The minimum atomic E-state index is -5.07. The minimum Gasteiger partial charge on any atom is -0.682 e. The van der Waals surface area contributed by atoms with Gasteiger partial charge in [0.25, 0.3) is 0 Å². The number of hydrogen-bond acceptors (Lipinski definition) is 17. The third-order valence-electron chi connectivity index (χ3n) is 20.5. The van der Waals surface area contributed by atoms with Crippen molar-refractivity contribution < 1.29 is 89.3 Å². The fourth-order valence-electron chi connectivity index (χ4n) is 15.3. The molecule has 2 saturated heterocycles. The van der Waals surface area contributed by atoms with Gasteiger partial charge in [-0.15, -0.1) is 0 Å². The number of nitrogens with zero attached hydrogens (tertiary/aromatic N) is 6. The van der Waals surface area contributed by atoms with E-state index in [1.807, 2.05) is 80.5 Å². The largest absolute Gasteiger partial charge is 2.00 e. The summed E-state index contributed by atoms with van der Waals surface area (Å²) in [5.41, 5.74) is 36.8. The third-order valence-corrected chi connectivity index (χ3v) is 21.6. The van der Waals surface area contributed by atoms with Crippen molar-refractivity contribution >= 4 is 77.3 Å². The van der Waals surface area contributed by atoms with Gasteiger partial charge >= 0.3 is 24.6 Å². The summed E-state index contributed by atoms with van der Waals surface area (Å²) in [5.74, 6) is -7.34. The van der Waals surface area contributed by atoms with Gasteiger partial charge in [-0.05, 0) is 119 Å². The number of fused-ring (bicyclic) bond motifs is 7. The number of nitrogens with one attached hydrogen (secondary N) is 1. The molecule has 2 aromatic rings. The molecule has 6 aliphatic heterocycles. The first kappa shape index (κ1) is 74.5. The molecule has 8 bridgehead atoms. The van der Waals surface area contributed by atoms with Gasteiger partial charge in [0, 0.05) is 108 Å². The Labute approximate surface area is 545 Å². The molecule has 30 heteroatoms. The zero-order chi connectivity index (χ0) is 66.7. The van der Waals surface area contributed by atoms with Crippen molar-refractivity contribution in [2.75, 3.05) is 13.2 Å². The van der Waals surface area contributed by atoms with E-state index in [0.29, 0.717) is 56.4 Å². The summed E-state index contributed by atoms with van der Waals surface area (Å²) in [6.07, 6.45) is -4.47. The number of phosphoric acid groups is 1. The number of phosphoric ester groups is 1. The molecule has 7 amide bonds. The van der Waals surface area contributed by atoms with E-state index >= 15 is 0 Å². The van der Waals surface area contributed by atoms with Gasteiger partial charge < -0.3 is 74.9 Å². The number of aliphatic hydroxyl groups is 2. The SMILES string of the molecule is C/C1=C2/[N-]C([C@H](CC(N)=O)[C@@]2(C)CCC(=O)NC[C@@H](C)OP(=O)(O)O[C@H]2[C@@H](O)[C@@H](n3cnc4cc(C)c(C)cc43)O[C@@H]2CO)[C@]2(C)N=C(/C(C)=C3N=C(/C=C4N=C1[C@@H](CCC(N)=O)C\4(C)C)[C@@H](CCC(N)=O)[C@]\3(C)CC(N)=O)[C@@H](CCC(N)=O)[C@]2(C)CC(N)=O.O.[Co+2]. The van der Waals surface area contributed by atoms with Crippen LogP contribution in [0.15, 0.2) is 67.8 Å². The number of benzene rings is 1. The van der Waals surface area contributed by atoms with Crippen LogP contribution in [0.25, 0.3) is 16.4 Å². The third kappa shape index (κ3) is 14.1. The Kier molecular flexibility index (Phi) is 22.5. The van der Waals surface area contributed by atoms with Crippen LogP contribution in [0.2, 0.25) is 0 Å². The first-order valence-electron chi connectivity index (χ1n) is 30.5. The molecule has 28 nitrogen and oxygen atoms in total. The Bertz CT molecular complexity index is 3550. The van der Waals surface area contributed by atoms with Crippen LogP contribution in [0.1, 0.15) is 150 Å². The molecule has 1 aromatic heterocycles. The van der Waals surface area contributed by atoms with Gasteiger partial charge in [0.2, 0.25) is 41.4 Å². The molecular formula is C62H91CoN13O15P+. The first-order valence-corrected chi connectivity index (χ1v) is 32.0. The number of carbonyl (C=O) groups excluding carboxylic acids is 7. The number of aromatic nitrogens is 2. The van der Waals surface area contributed by atoms with Crippen LogP contribution >= 0.6 is 7.82 Å². The molecule has 18 N–H and O–H groups in total. The summed E-state index contributed by atoms with van der Waals surface area (Å²) in [7, 11) is -5.07. The molecule has 2 unspecified atom stereocenters. The number of imidazole rings is 1. The van der Waals surface area contributed by atoms with Crippen LogP contribution in [-0.2, 0) is 68.7 Å². The predicted molar refractivity (Wildman–Crippen MR) is 337 cm³/mol. The molecule has 0 spiro atoms. The molecule has 0 aliphatic carbocycles.